The number of carbonyl (C=O) groups excluding carboxylic acids is 2. The summed E-state index contributed by atoms with van der Waals surface area (Å²) in [5.74, 6) is 0.284. The molecule has 0 aliphatic carbocycles. The van der Waals surface area contributed by atoms with Crippen LogP contribution in [-0.2, 0) is 0 Å². The van der Waals surface area contributed by atoms with Gasteiger partial charge in [-0.05, 0) is 45.5 Å². The molecule has 0 saturated heterocycles. The van der Waals surface area contributed by atoms with Gasteiger partial charge in [0.25, 0.3) is 0 Å². The minimum atomic E-state index is 0.284. The monoisotopic (exact) mass is 418 g/mol. The predicted molar refractivity (Wildman–Crippen MR) is 128 cm³/mol. The molecule has 0 aromatic heterocycles. The highest BCUT2D eigenvalue weighted by molar-refractivity contribution is 6.06. The van der Waals surface area contributed by atoms with Crippen LogP contribution in [0.1, 0.15) is 43.0 Å². The van der Waals surface area contributed by atoms with Crippen molar-refractivity contribution in [1.29, 1.82) is 0 Å². The Labute approximate surface area is 187 Å². The van der Waals surface area contributed by atoms with Gasteiger partial charge >= 0.3 is 0 Å². The molecule has 0 saturated carbocycles. The van der Waals surface area contributed by atoms with E-state index in [1.165, 1.54) is 7.11 Å². The first-order valence-corrected chi connectivity index (χ1v) is 10.3. The SMILES string of the molecule is COc1c(C=O)cc(C(=C(c2ccccc2)c2ccccc2)c2ccccc2)cc1C=O. The van der Waals surface area contributed by atoms with Crippen molar-refractivity contribution < 1.29 is 14.3 Å². The second kappa shape index (κ2) is 9.71. The lowest BCUT2D eigenvalue weighted by Gasteiger charge is -2.19. The lowest BCUT2D eigenvalue weighted by molar-refractivity contribution is 0.111. The first-order valence-electron chi connectivity index (χ1n) is 10.3. The van der Waals surface area contributed by atoms with Gasteiger partial charge in [-0.1, -0.05) is 91.0 Å². The summed E-state index contributed by atoms with van der Waals surface area (Å²) in [5, 5.41) is 0. The Bertz CT molecular complexity index is 1190. The topological polar surface area (TPSA) is 43.4 Å². The average molecular weight is 418 g/mol. The number of methoxy groups -OCH3 is 1. The number of carbonyl (C=O) groups is 2. The first-order chi connectivity index (χ1) is 15.8. The number of aldehydes is 2. The van der Waals surface area contributed by atoms with Crippen LogP contribution in [0.2, 0.25) is 0 Å². The fraction of sp³-hybridized carbons (Fsp3) is 0.0345. The molecule has 0 unspecified atom stereocenters. The maximum absolute atomic E-state index is 11.9. The van der Waals surface area contributed by atoms with E-state index < -0.39 is 0 Å². The standard InChI is InChI=1S/C29H22O3/c1-32-29-25(19-30)17-24(18-26(29)20-31)28(23-15-9-4-10-16-23)27(21-11-5-2-6-12-21)22-13-7-3-8-14-22/h2-20H,1H3. The molecule has 0 aliphatic rings. The molecule has 4 aromatic carbocycles. The highest BCUT2D eigenvalue weighted by atomic mass is 16.5. The van der Waals surface area contributed by atoms with Crippen LogP contribution >= 0.6 is 0 Å². The lowest BCUT2D eigenvalue weighted by atomic mass is 9.84. The lowest BCUT2D eigenvalue weighted by Crippen LogP contribution is -2.02. The largest absolute Gasteiger partial charge is 0.495 e. The van der Waals surface area contributed by atoms with Crippen LogP contribution in [-0.4, -0.2) is 19.7 Å². The van der Waals surface area contributed by atoms with Gasteiger partial charge in [-0.25, -0.2) is 0 Å². The summed E-state index contributed by atoms with van der Waals surface area (Å²) in [6, 6.07) is 33.8. The second-order valence-corrected chi connectivity index (χ2v) is 7.27. The highest BCUT2D eigenvalue weighted by Crippen LogP contribution is 2.38. The van der Waals surface area contributed by atoms with Crippen molar-refractivity contribution in [3.63, 3.8) is 0 Å². The van der Waals surface area contributed by atoms with Crippen LogP contribution in [0.4, 0.5) is 0 Å². The van der Waals surface area contributed by atoms with E-state index in [0.717, 1.165) is 46.0 Å². The number of ether oxygens (including phenoxy) is 1. The van der Waals surface area contributed by atoms with Gasteiger partial charge in [0.1, 0.15) is 5.75 Å². The van der Waals surface area contributed by atoms with Crippen LogP contribution in [0.15, 0.2) is 103 Å². The van der Waals surface area contributed by atoms with Crippen molar-refractivity contribution in [2.24, 2.45) is 0 Å². The Balaban J connectivity index is 2.15. The van der Waals surface area contributed by atoms with Crippen molar-refractivity contribution in [2.45, 2.75) is 0 Å². The normalized spacial score (nSPS) is 10.3. The van der Waals surface area contributed by atoms with E-state index >= 15 is 0 Å². The van der Waals surface area contributed by atoms with Gasteiger partial charge in [0.15, 0.2) is 12.6 Å². The molecule has 0 heterocycles. The van der Waals surface area contributed by atoms with Crippen LogP contribution in [0, 0.1) is 0 Å². The smallest absolute Gasteiger partial charge is 0.153 e. The average Bonchev–Trinajstić information content (AvgIpc) is 2.87. The first kappa shape index (κ1) is 21.0. The Morgan fingerprint density at radius 1 is 0.562 bits per heavy atom. The van der Waals surface area contributed by atoms with Crippen LogP contribution in [0.5, 0.6) is 5.75 Å². The fourth-order valence-electron chi connectivity index (χ4n) is 3.95. The Morgan fingerprint density at radius 3 is 1.22 bits per heavy atom. The molecule has 0 radical (unpaired) electrons. The Morgan fingerprint density at radius 2 is 0.906 bits per heavy atom. The van der Waals surface area contributed by atoms with Gasteiger partial charge < -0.3 is 4.74 Å². The van der Waals surface area contributed by atoms with Crippen molar-refractivity contribution in [2.75, 3.05) is 7.11 Å². The minimum Gasteiger partial charge on any atom is -0.495 e. The molecule has 0 amide bonds. The number of rotatable bonds is 7. The Hall–Kier alpha value is -4.24. The van der Waals surface area contributed by atoms with Gasteiger partial charge in [-0.3, -0.25) is 9.59 Å². The number of benzene rings is 4. The highest BCUT2D eigenvalue weighted by Gasteiger charge is 2.19. The van der Waals surface area contributed by atoms with Crippen LogP contribution < -0.4 is 4.74 Å². The van der Waals surface area contributed by atoms with Crippen molar-refractivity contribution >= 4 is 23.7 Å². The number of hydrogen-bond acceptors (Lipinski definition) is 3. The molecule has 0 spiro atoms. The molecular formula is C29H22O3. The molecule has 0 bridgehead atoms. The molecule has 0 N–H and O–H groups in total. The Kier molecular flexibility index (Phi) is 6.38. The van der Waals surface area contributed by atoms with E-state index in [1.807, 2.05) is 66.7 Å². The van der Waals surface area contributed by atoms with Gasteiger partial charge in [0.05, 0.1) is 18.2 Å². The third kappa shape index (κ3) is 4.14. The van der Waals surface area contributed by atoms with Crippen molar-refractivity contribution in [1.82, 2.24) is 0 Å². The predicted octanol–water partition coefficient (Wildman–Crippen LogP) is 6.33. The maximum atomic E-state index is 11.9. The molecule has 3 heteroatoms. The van der Waals surface area contributed by atoms with Crippen LogP contribution in [0.3, 0.4) is 0 Å². The molecular weight excluding hydrogens is 396 g/mol. The summed E-state index contributed by atoms with van der Waals surface area (Å²) in [7, 11) is 1.46. The molecule has 32 heavy (non-hydrogen) atoms. The van der Waals surface area contributed by atoms with Gasteiger partial charge in [0.2, 0.25) is 0 Å². The summed E-state index contributed by atoms with van der Waals surface area (Å²) in [6.45, 7) is 0. The molecule has 3 nitrogen and oxygen atoms in total. The van der Waals surface area contributed by atoms with E-state index in [-0.39, 0.29) is 5.75 Å². The van der Waals surface area contributed by atoms with E-state index in [9.17, 15) is 9.59 Å². The zero-order valence-corrected chi connectivity index (χ0v) is 17.7. The van der Waals surface area contributed by atoms with Gasteiger partial charge in [0, 0.05) is 0 Å². The third-order valence-electron chi connectivity index (χ3n) is 5.33. The van der Waals surface area contributed by atoms with E-state index in [2.05, 4.69) is 24.3 Å². The quantitative estimate of drug-likeness (QED) is 0.260. The number of hydrogen-bond donors (Lipinski definition) is 0. The molecule has 4 aromatic rings. The van der Waals surface area contributed by atoms with Gasteiger partial charge in [-0.2, -0.15) is 0 Å². The summed E-state index contributed by atoms with van der Waals surface area (Å²) in [5.41, 5.74) is 6.43. The van der Waals surface area contributed by atoms with Crippen molar-refractivity contribution in [3.05, 3.63) is 137 Å². The van der Waals surface area contributed by atoms with E-state index in [1.54, 1.807) is 12.1 Å². The fourth-order valence-corrected chi connectivity index (χ4v) is 3.95. The van der Waals surface area contributed by atoms with E-state index in [4.69, 9.17) is 4.74 Å². The third-order valence-corrected chi connectivity index (χ3v) is 5.33. The summed E-state index contributed by atoms with van der Waals surface area (Å²) >= 11 is 0. The second-order valence-electron chi connectivity index (χ2n) is 7.27. The molecule has 4 rings (SSSR count). The maximum Gasteiger partial charge on any atom is 0.153 e. The zero-order chi connectivity index (χ0) is 22.3. The molecule has 0 aliphatic heterocycles. The minimum absolute atomic E-state index is 0.284. The molecule has 0 atom stereocenters. The summed E-state index contributed by atoms with van der Waals surface area (Å²) in [4.78, 5) is 23.7. The van der Waals surface area contributed by atoms with E-state index in [0.29, 0.717) is 11.1 Å². The zero-order valence-electron chi connectivity index (χ0n) is 17.7. The van der Waals surface area contributed by atoms with Crippen molar-refractivity contribution in [3.8, 4) is 5.75 Å². The molecule has 0 fully saturated rings. The summed E-state index contributed by atoms with van der Waals surface area (Å²) in [6.07, 6.45) is 1.45. The molecule has 156 valence electrons. The van der Waals surface area contributed by atoms with Gasteiger partial charge in [-0.15, -0.1) is 0 Å². The van der Waals surface area contributed by atoms with Crippen LogP contribution in [0.25, 0.3) is 11.1 Å². The summed E-state index contributed by atoms with van der Waals surface area (Å²) < 4.78 is 5.35.